The van der Waals surface area contributed by atoms with Gasteiger partial charge in [0.25, 0.3) is 5.69 Å². The van der Waals surface area contributed by atoms with E-state index in [0.29, 0.717) is 15.6 Å². The Morgan fingerprint density at radius 1 is 0.931 bits per heavy atom. The quantitative estimate of drug-likeness (QED) is 0.292. The lowest BCUT2D eigenvalue weighted by atomic mass is 10.2. The van der Waals surface area contributed by atoms with Gasteiger partial charge in [-0.1, -0.05) is 41.9 Å². The highest BCUT2D eigenvalue weighted by molar-refractivity contribution is 7.80. The zero-order valence-corrected chi connectivity index (χ0v) is 17.4. The third kappa shape index (κ3) is 7.57. The molecule has 0 aromatic heterocycles. The fourth-order valence-electron chi connectivity index (χ4n) is 2.11. The first-order valence-corrected chi connectivity index (χ1v) is 9.50. The minimum absolute atomic E-state index is 0.0457. The third-order valence-corrected chi connectivity index (χ3v) is 4.46. The number of non-ortho nitro benzene ring substituents is 1. The highest BCUT2D eigenvalue weighted by Crippen LogP contribution is 2.15. The van der Waals surface area contributed by atoms with Crippen molar-refractivity contribution in [1.82, 2.24) is 0 Å². The van der Waals surface area contributed by atoms with Gasteiger partial charge in [0, 0.05) is 28.3 Å². The summed E-state index contributed by atoms with van der Waals surface area (Å²) < 4.78 is 5.47. The number of nitro benzene ring substituents is 1. The zero-order valence-electron chi connectivity index (χ0n) is 15.0. The topological polar surface area (TPSA) is 72.6 Å². The predicted octanol–water partition coefficient (Wildman–Crippen LogP) is 6.06. The van der Waals surface area contributed by atoms with Gasteiger partial charge in [0.2, 0.25) is 0 Å². The molecule has 0 fully saturated rings. The lowest BCUT2D eigenvalue weighted by Gasteiger charge is -2.07. The molecule has 3 aromatic rings. The van der Waals surface area contributed by atoms with Crippen molar-refractivity contribution >= 4 is 51.8 Å². The molecule has 0 unspecified atom stereocenters. The molecule has 1 N–H and O–H groups in total. The SMILES string of the molecule is O=[N+]([O-])c1ccc(COC(=S)c2ccc(Cl)cc2)cc1.OC(=S)c1ccccc1. The molecule has 3 aromatic carbocycles. The van der Waals surface area contributed by atoms with Gasteiger partial charge in [0.15, 0.2) is 10.1 Å². The van der Waals surface area contributed by atoms with Crippen molar-refractivity contribution in [3.63, 3.8) is 0 Å². The van der Waals surface area contributed by atoms with Gasteiger partial charge in [-0.3, -0.25) is 10.1 Å². The first-order valence-electron chi connectivity index (χ1n) is 8.31. The van der Waals surface area contributed by atoms with E-state index >= 15 is 0 Å². The lowest BCUT2D eigenvalue weighted by Crippen LogP contribution is -2.03. The first-order chi connectivity index (χ1) is 13.9. The van der Waals surface area contributed by atoms with Crippen molar-refractivity contribution in [1.29, 1.82) is 0 Å². The van der Waals surface area contributed by atoms with Gasteiger partial charge in [0.1, 0.15) is 6.61 Å². The molecule has 0 spiro atoms. The van der Waals surface area contributed by atoms with Crippen LogP contribution in [0.1, 0.15) is 16.7 Å². The van der Waals surface area contributed by atoms with Crippen LogP contribution in [0.2, 0.25) is 5.02 Å². The molecule has 0 amide bonds. The van der Waals surface area contributed by atoms with Gasteiger partial charge in [0.05, 0.1) is 4.92 Å². The molecule has 5 nitrogen and oxygen atoms in total. The second-order valence-corrected chi connectivity index (χ2v) is 6.87. The van der Waals surface area contributed by atoms with Crippen molar-refractivity contribution in [3.05, 3.63) is 111 Å². The van der Waals surface area contributed by atoms with Crippen LogP contribution in [0.5, 0.6) is 0 Å². The number of aliphatic hydroxyl groups excluding tert-OH is 1. The monoisotopic (exact) mass is 445 g/mol. The summed E-state index contributed by atoms with van der Waals surface area (Å²) in [6.07, 6.45) is 0. The Hall–Kier alpha value is -2.87. The van der Waals surface area contributed by atoms with Gasteiger partial charge in [-0.15, -0.1) is 0 Å². The Balaban J connectivity index is 0.000000278. The highest BCUT2D eigenvalue weighted by atomic mass is 35.5. The van der Waals surface area contributed by atoms with Crippen LogP contribution in [0.25, 0.3) is 0 Å². The lowest BCUT2D eigenvalue weighted by molar-refractivity contribution is -0.384. The molecule has 0 saturated heterocycles. The Kier molecular flexibility index (Phi) is 8.67. The number of aliphatic hydroxyl groups is 1. The summed E-state index contributed by atoms with van der Waals surface area (Å²) >= 11 is 15.5. The number of rotatable bonds is 5. The standard InChI is InChI=1S/C14H10ClNO3S.C7H6OS/c15-12-5-3-11(4-6-12)14(20)19-9-10-1-7-13(8-2-10)16(17)18;8-7(9)6-4-2-1-3-5-6/h1-8H,9H2;1-5H,(H,8,9). The van der Waals surface area contributed by atoms with Crippen LogP contribution in [0, 0.1) is 10.1 Å². The minimum atomic E-state index is -0.441. The van der Waals surface area contributed by atoms with E-state index in [1.807, 2.05) is 18.2 Å². The number of benzene rings is 3. The minimum Gasteiger partial charge on any atom is -0.499 e. The predicted molar refractivity (Wildman–Crippen MR) is 122 cm³/mol. The zero-order chi connectivity index (χ0) is 21.2. The third-order valence-electron chi connectivity index (χ3n) is 3.62. The summed E-state index contributed by atoms with van der Waals surface area (Å²) in [4.78, 5) is 10.1. The molecule has 148 valence electrons. The average Bonchev–Trinajstić information content (AvgIpc) is 2.74. The normalized spacial score (nSPS) is 9.69. The van der Waals surface area contributed by atoms with Crippen LogP contribution in [-0.2, 0) is 11.3 Å². The van der Waals surface area contributed by atoms with E-state index in [4.69, 9.17) is 33.7 Å². The summed E-state index contributed by atoms with van der Waals surface area (Å²) in [6, 6.07) is 22.2. The molecule has 29 heavy (non-hydrogen) atoms. The van der Waals surface area contributed by atoms with Crippen molar-refractivity contribution in [2.75, 3.05) is 0 Å². The molecular formula is C21H16ClNO4S2. The number of thiocarbonyl (C=S) groups is 2. The largest absolute Gasteiger partial charge is 0.499 e. The van der Waals surface area contributed by atoms with E-state index in [1.165, 1.54) is 12.1 Å². The molecule has 0 atom stereocenters. The summed E-state index contributed by atoms with van der Waals surface area (Å²) in [5.74, 6) is 0. The first kappa shape index (κ1) is 22.4. The molecule has 8 heteroatoms. The number of hydrogen-bond acceptors (Lipinski definition) is 5. The molecule has 0 aliphatic carbocycles. The summed E-state index contributed by atoms with van der Waals surface area (Å²) in [7, 11) is 0. The van der Waals surface area contributed by atoms with Gasteiger partial charge in [-0.05, 0) is 66.4 Å². The van der Waals surface area contributed by atoms with Crippen LogP contribution in [0.15, 0.2) is 78.9 Å². The summed E-state index contributed by atoms with van der Waals surface area (Å²) in [6.45, 7) is 0.263. The van der Waals surface area contributed by atoms with Gasteiger partial charge in [-0.2, -0.15) is 0 Å². The fourth-order valence-corrected chi connectivity index (χ4v) is 2.57. The van der Waals surface area contributed by atoms with Crippen molar-refractivity contribution < 1.29 is 14.8 Å². The molecular weight excluding hydrogens is 430 g/mol. The second kappa shape index (κ2) is 11.2. The smallest absolute Gasteiger partial charge is 0.269 e. The number of nitro groups is 1. The number of nitrogens with zero attached hydrogens (tertiary/aromatic N) is 1. The van der Waals surface area contributed by atoms with E-state index in [-0.39, 0.29) is 17.3 Å². The van der Waals surface area contributed by atoms with E-state index in [9.17, 15) is 10.1 Å². The summed E-state index contributed by atoms with van der Waals surface area (Å²) in [5, 5.41) is 20.2. The highest BCUT2D eigenvalue weighted by Gasteiger charge is 2.06. The van der Waals surface area contributed by atoms with Crippen LogP contribution in [-0.4, -0.2) is 20.1 Å². The van der Waals surface area contributed by atoms with Crippen LogP contribution in [0.4, 0.5) is 5.69 Å². The second-order valence-electron chi connectivity index (χ2n) is 5.68. The Bertz CT molecular complexity index is 978. The number of halogens is 1. The Morgan fingerprint density at radius 3 is 2.00 bits per heavy atom. The van der Waals surface area contributed by atoms with E-state index in [1.54, 1.807) is 48.5 Å². The average molecular weight is 446 g/mol. The maximum Gasteiger partial charge on any atom is 0.269 e. The Labute approximate surface area is 183 Å². The molecule has 0 aliphatic rings. The van der Waals surface area contributed by atoms with Crippen LogP contribution in [0.3, 0.4) is 0 Å². The maximum atomic E-state index is 10.5. The molecule has 3 rings (SSSR count). The van der Waals surface area contributed by atoms with Crippen molar-refractivity contribution in [3.8, 4) is 0 Å². The molecule has 0 aliphatic heterocycles. The molecule has 0 saturated carbocycles. The van der Waals surface area contributed by atoms with Gasteiger partial charge >= 0.3 is 0 Å². The fraction of sp³-hybridized carbons (Fsp3) is 0.0476. The van der Waals surface area contributed by atoms with Gasteiger partial charge < -0.3 is 9.84 Å². The maximum absolute atomic E-state index is 10.5. The Morgan fingerprint density at radius 2 is 1.52 bits per heavy atom. The van der Waals surface area contributed by atoms with E-state index in [0.717, 1.165) is 11.1 Å². The van der Waals surface area contributed by atoms with Crippen molar-refractivity contribution in [2.24, 2.45) is 0 Å². The van der Waals surface area contributed by atoms with Crippen molar-refractivity contribution in [2.45, 2.75) is 6.61 Å². The van der Waals surface area contributed by atoms with E-state index in [2.05, 4.69) is 12.2 Å². The number of ether oxygens (including phenoxy) is 1. The molecule has 0 radical (unpaired) electrons. The van der Waals surface area contributed by atoms with Crippen LogP contribution < -0.4 is 0 Å². The van der Waals surface area contributed by atoms with E-state index < -0.39 is 4.92 Å². The van der Waals surface area contributed by atoms with Crippen LogP contribution >= 0.6 is 36.0 Å². The molecule has 0 heterocycles. The number of hydrogen-bond donors (Lipinski definition) is 1. The summed E-state index contributed by atoms with van der Waals surface area (Å²) in [5.41, 5.74) is 2.33. The van der Waals surface area contributed by atoms with Gasteiger partial charge in [-0.25, -0.2) is 0 Å². The molecule has 0 bridgehead atoms.